The van der Waals surface area contributed by atoms with Gasteiger partial charge in [0, 0.05) is 7.05 Å². The summed E-state index contributed by atoms with van der Waals surface area (Å²) in [5.74, 6) is -1.56. The molecular formula is C10H8FN3O2. The Morgan fingerprint density at radius 3 is 2.75 bits per heavy atom. The molecule has 0 bridgehead atoms. The lowest BCUT2D eigenvalue weighted by molar-refractivity contribution is 0.0686. The van der Waals surface area contributed by atoms with Gasteiger partial charge in [-0.25, -0.2) is 9.18 Å². The molecule has 2 aromatic rings. The average molecular weight is 221 g/mol. The summed E-state index contributed by atoms with van der Waals surface area (Å²) in [6, 6.07) is 2.64. The molecule has 0 saturated heterocycles. The third kappa shape index (κ3) is 1.65. The van der Waals surface area contributed by atoms with Crippen molar-refractivity contribution < 1.29 is 14.3 Å². The molecule has 0 amide bonds. The predicted octanol–water partition coefficient (Wildman–Crippen LogP) is 1.32. The fourth-order valence-corrected chi connectivity index (χ4v) is 1.41. The number of nitrogens with zero attached hydrogens (tertiary/aromatic N) is 3. The Bertz CT molecular complexity index is 533. The van der Waals surface area contributed by atoms with E-state index < -0.39 is 11.8 Å². The van der Waals surface area contributed by atoms with Crippen LogP contribution in [0.15, 0.2) is 24.5 Å². The van der Waals surface area contributed by atoms with E-state index in [0.717, 1.165) is 6.20 Å². The Kier molecular flexibility index (Phi) is 2.40. The van der Waals surface area contributed by atoms with Gasteiger partial charge in [0.05, 0.1) is 23.7 Å². The zero-order chi connectivity index (χ0) is 11.7. The first kappa shape index (κ1) is 10.3. The molecule has 0 radical (unpaired) electrons. The molecule has 16 heavy (non-hydrogen) atoms. The molecule has 0 aliphatic carbocycles. The number of carboxylic acid groups (broad SMARTS) is 1. The molecule has 0 unspecified atom stereocenters. The fourth-order valence-electron chi connectivity index (χ4n) is 1.41. The van der Waals surface area contributed by atoms with Crippen LogP contribution in [0, 0.1) is 5.82 Å². The molecule has 0 aliphatic heterocycles. The second kappa shape index (κ2) is 3.73. The highest BCUT2D eigenvalue weighted by Gasteiger charge is 2.17. The molecule has 2 rings (SSSR count). The lowest BCUT2D eigenvalue weighted by Gasteiger charge is -2.00. The first-order chi connectivity index (χ1) is 7.59. The van der Waals surface area contributed by atoms with Crippen molar-refractivity contribution in [3.05, 3.63) is 36.0 Å². The first-order valence-corrected chi connectivity index (χ1v) is 4.47. The molecule has 0 spiro atoms. The van der Waals surface area contributed by atoms with Crippen LogP contribution >= 0.6 is 0 Å². The number of aromatic carboxylic acids is 1. The van der Waals surface area contributed by atoms with Crippen LogP contribution in [0.1, 0.15) is 10.5 Å². The molecule has 0 atom stereocenters. The molecule has 0 aliphatic rings. The van der Waals surface area contributed by atoms with Gasteiger partial charge in [-0.05, 0) is 12.1 Å². The number of rotatable bonds is 2. The van der Waals surface area contributed by atoms with E-state index in [0.29, 0.717) is 11.3 Å². The van der Waals surface area contributed by atoms with Crippen LogP contribution in [-0.4, -0.2) is 25.8 Å². The van der Waals surface area contributed by atoms with Crippen LogP contribution in [-0.2, 0) is 7.05 Å². The van der Waals surface area contributed by atoms with Crippen molar-refractivity contribution >= 4 is 5.97 Å². The molecule has 82 valence electrons. The number of hydrogen-bond donors (Lipinski definition) is 1. The Hall–Kier alpha value is -2.24. The van der Waals surface area contributed by atoms with Gasteiger partial charge in [-0.2, -0.15) is 5.10 Å². The number of aryl methyl sites for hydroxylation is 1. The summed E-state index contributed by atoms with van der Waals surface area (Å²) in [5, 5.41) is 12.8. The highest BCUT2D eigenvalue weighted by molar-refractivity contribution is 5.93. The maximum Gasteiger partial charge on any atom is 0.354 e. The number of carboxylic acids is 1. The van der Waals surface area contributed by atoms with Gasteiger partial charge in [0.25, 0.3) is 0 Å². The van der Waals surface area contributed by atoms with E-state index in [4.69, 9.17) is 5.11 Å². The number of pyridine rings is 1. The lowest BCUT2D eigenvalue weighted by Crippen LogP contribution is -2.07. The summed E-state index contributed by atoms with van der Waals surface area (Å²) in [6.45, 7) is 0. The van der Waals surface area contributed by atoms with Gasteiger partial charge in [0.2, 0.25) is 0 Å². The summed E-state index contributed by atoms with van der Waals surface area (Å²) < 4.78 is 13.9. The van der Waals surface area contributed by atoms with Crippen molar-refractivity contribution in [3.8, 4) is 11.3 Å². The van der Waals surface area contributed by atoms with Crippen molar-refractivity contribution in [2.24, 2.45) is 7.05 Å². The second-order valence-corrected chi connectivity index (χ2v) is 3.20. The SMILES string of the molecule is Cn1ncc(-c2ccc(F)cn2)c1C(=O)O. The number of carbonyl (C=O) groups is 1. The molecular weight excluding hydrogens is 213 g/mol. The van der Waals surface area contributed by atoms with Gasteiger partial charge < -0.3 is 5.11 Å². The predicted molar refractivity (Wildman–Crippen MR) is 53.4 cm³/mol. The number of halogens is 1. The highest BCUT2D eigenvalue weighted by Crippen LogP contribution is 2.20. The molecule has 6 heteroatoms. The Morgan fingerprint density at radius 1 is 1.44 bits per heavy atom. The van der Waals surface area contributed by atoms with E-state index in [1.807, 2.05) is 0 Å². The van der Waals surface area contributed by atoms with E-state index in [-0.39, 0.29) is 5.69 Å². The minimum atomic E-state index is -1.10. The van der Waals surface area contributed by atoms with Crippen molar-refractivity contribution in [2.45, 2.75) is 0 Å². The van der Waals surface area contributed by atoms with E-state index >= 15 is 0 Å². The summed E-state index contributed by atoms with van der Waals surface area (Å²) in [7, 11) is 1.52. The Balaban J connectivity index is 2.56. The summed E-state index contributed by atoms with van der Waals surface area (Å²) >= 11 is 0. The third-order valence-corrected chi connectivity index (χ3v) is 2.14. The second-order valence-electron chi connectivity index (χ2n) is 3.20. The largest absolute Gasteiger partial charge is 0.477 e. The van der Waals surface area contributed by atoms with Crippen LogP contribution in [0.5, 0.6) is 0 Å². The van der Waals surface area contributed by atoms with Crippen LogP contribution in [0.3, 0.4) is 0 Å². The minimum Gasteiger partial charge on any atom is -0.477 e. The standard InChI is InChI=1S/C10H8FN3O2/c1-14-9(10(15)16)7(5-13-14)8-3-2-6(11)4-12-8/h2-5H,1H3,(H,15,16). The van der Waals surface area contributed by atoms with Gasteiger partial charge in [-0.3, -0.25) is 9.67 Å². The zero-order valence-corrected chi connectivity index (χ0v) is 8.38. The van der Waals surface area contributed by atoms with E-state index in [9.17, 15) is 9.18 Å². The summed E-state index contributed by atoms with van der Waals surface area (Å²) in [6.07, 6.45) is 2.43. The summed E-state index contributed by atoms with van der Waals surface area (Å²) in [4.78, 5) is 14.8. The van der Waals surface area contributed by atoms with Crippen LogP contribution in [0.2, 0.25) is 0 Å². The molecule has 0 aromatic carbocycles. The van der Waals surface area contributed by atoms with Gasteiger partial charge in [0.15, 0.2) is 5.69 Å². The minimum absolute atomic E-state index is 0.0270. The van der Waals surface area contributed by atoms with Gasteiger partial charge in [-0.15, -0.1) is 0 Å². The van der Waals surface area contributed by atoms with E-state index in [1.54, 1.807) is 0 Å². The van der Waals surface area contributed by atoms with Crippen molar-refractivity contribution in [3.63, 3.8) is 0 Å². The first-order valence-electron chi connectivity index (χ1n) is 4.47. The number of aromatic nitrogens is 3. The zero-order valence-electron chi connectivity index (χ0n) is 8.38. The van der Waals surface area contributed by atoms with Crippen LogP contribution in [0.25, 0.3) is 11.3 Å². The van der Waals surface area contributed by atoms with E-state index in [2.05, 4.69) is 10.1 Å². The Morgan fingerprint density at radius 2 is 2.19 bits per heavy atom. The highest BCUT2D eigenvalue weighted by atomic mass is 19.1. The van der Waals surface area contributed by atoms with Crippen LogP contribution in [0.4, 0.5) is 4.39 Å². The van der Waals surface area contributed by atoms with E-state index in [1.165, 1.54) is 30.1 Å². The summed E-state index contributed by atoms with van der Waals surface area (Å²) in [5.41, 5.74) is 0.779. The molecule has 1 N–H and O–H groups in total. The van der Waals surface area contributed by atoms with Gasteiger partial charge in [0.1, 0.15) is 5.82 Å². The maximum absolute atomic E-state index is 12.7. The third-order valence-electron chi connectivity index (χ3n) is 2.14. The topological polar surface area (TPSA) is 68.0 Å². The maximum atomic E-state index is 12.7. The van der Waals surface area contributed by atoms with Crippen molar-refractivity contribution in [2.75, 3.05) is 0 Å². The van der Waals surface area contributed by atoms with Gasteiger partial charge in [-0.1, -0.05) is 0 Å². The fraction of sp³-hybridized carbons (Fsp3) is 0.100. The average Bonchev–Trinajstić information content (AvgIpc) is 2.61. The molecule has 5 nitrogen and oxygen atoms in total. The Labute approximate surface area is 90.2 Å². The van der Waals surface area contributed by atoms with Crippen LogP contribution < -0.4 is 0 Å². The molecule has 0 saturated carbocycles. The lowest BCUT2D eigenvalue weighted by atomic mass is 10.1. The monoisotopic (exact) mass is 221 g/mol. The van der Waals surface area contributed by atoms with Crippen molar-refractivity contribution in [1.29, 1.82) is 0 Å². The van der Waals surface area contributed by atoms with Crippen molar-refractivity contribution in [1.82, 2.24) is 14.8 Å². The molecule has 2 heterocycles. The van der Waals surface area contributed by atoms with Gasteiger partial charge >= 0.3 is 5.97 Å². The smallest absolute Gasteiger partial charge is 0.354 e. The normalized spacial score (nSPS) is 10.4. The molecule has 0 fully saturated rings. The molecule has 2 aromatic heterocycles. The number of hydrogen-bond acceptors (Lipinski definition) is 3. The quantitative estimate of drug-likeness (QED) is 0.830.